The second-order valence-electron chi connectivity index (χ2n) is 6.09. The van der Waals surface area contributed by atoms with Crippen LogP contribution in [0, 0.1) is 0 Å². The molecule has 1 aromatic heterocycles. The highest BCUT2D eigenvalue weighted by Crippen LogP contribution is 2.18. The number of nitrogens with zero attached hydrogens (tertiary/aromatic N) is 3. The highest BCUT2D eigenvalue weighted by Gasteiger charge is 2.10. The van der Waals surface area contributed by atoms with Crippen molar-refractivity contribution in [1.29, 1.82) is 0 Å². The minimum absolute atomic E-state index is 0.260. The Bertz CT molecular complexity index is 834. The molecule has 6 nitrogen and oxygen atoms in total. The van der Waals surface area contributed by atoms with Crippen LogP contribution in [0.2, 0.25) is 0 Å². The molecule has 142 valence electrons. The fourth-order valence-corrected chi connectivity index (χ4v) is 2.97. The Morgan fingerprint density at radius 3 is 2.37 bits per heavy atom. The lowest BCUT2D eigenvalue weighted by molar-refractivity contribution is 0.256. The van der Waals surface area contributed by atoms with Crippen molar-refractivity contribution in [3.05, 3.63) is 65.8 Å². The maximum atomic E-state index is 5.67. The number of ether oxygens (including phenoxy) is 2. The van der Waals surface area contributed by atoms with E-state index in [0.29, 0.717) is 18.3 Å². The van der Waals surface area contributed by atoms with Gasteiger partial charge in [-0.05, 0) is 55.3 Å². The highest BCUT2D eigenvalue weighted by atomic mass is 32.2. The molecular formula is C20H23N3O3S. The van der Waals surface area contributed by atoms with E-state index in [4.69, 9.17) is 14.0 Å². The lowest BCUT2D eigenvalue weighted by Crippen LogP contribution is -2.17. The van der Waals surface area contributed by atoms with Crippen LogP contribution in [-0.2, 0) is 19.7 Å². The van der Waals surface area contributed by atoms with Gasteiger partial charge in [-0.1, -0.05) is 17.3 Å². The van der Waals surface area contributed by atoms with Gasteiger partial charge in [-0.2, -0.15) is 4.98 Å². The minimum atomic E-state index is 0.260. The molecule has 0 unspecified atom stereocenters. The van der Waals surface area contributed by atoms with Crippen LogP contribution < -0.4 is 9.47 Å². The molecular weight excluding hydrogens is 362 g/mol. The second kappa shape index (κ2) is 9.43. The largest absolute Gasteiger partial charge is 0.497 e. The molecule has 27 heavy (non-hydrogen) atoms. The molecule has 0 atom stereocenters. The van der Waals surface area contributed by atoms with Crippen molar-refractivity contribution in [3.8, 4) is 11.5 Å². The molecule has 3 rings (SSSR count). The van der Waals surface area contributed by atoms with E-state index in [1.807, 2.05) is 31.3 Å². The van der Waals surface area contributed by atoms with Crippen LogP contribution in [0.1, 0.15) is 17.3 Å². The van der Waals surface area contributed by atoms with Crippen molar-refractivity contribution >= 4 is 11.8 Å². The van der Waals surface area contributed by atoms with Gasteiger partial charge < -0.3 is 14.0 Å². The lowest BCUT2D eigenvalue weighted by Gasteiger charge is -2.14. The van der Waals surface area contributed by atoms with Gasteiger partial charge in [0.2, 0.25) is 11.7 Å². The normalized spacial score (nSPS) is 11.0. The van der Waals surface area contributed by atoms with E-state index in [-0.39, 0.29) is 6.61 Å². The predicted molar refractivity (Wildman–Crippen MR) is 105 cm³/mol. The first-order valence-electron chi connectivity index (χ1n) is 8.56. The minimum Gasteiger partial charge on any atom is -0.497 e. The zero-order chi connectivity index (χ0) is 19.1. The van der Waals surface area contributed by atoms with Crippen molar-refractivity contribution in [1.82, 2.24) is 15.0 Å². The third-order valence-corrected chi connectivity index (χ3v) is 4.70. The zero-order valence-electron chi connectivity index (χ0n) is 15.7. The average molecular weight is 385 g/mol. The van der Waals surface area contributed by atoms with Gasteiger partial charge in [0.1, 0.15) is 11.5 Å². The van der Waals surface area contributed by atoms with Crippen molar-refractivity contribution in [2.75, 3.05) is 20.4 Å². The molecule has 0 aliphatic carbocycles. The molecule has 0 N–H and O–H groups in total. The number of benzene rings is 2. The van der Waals surface area contributed by atoms with E-state index in [2.05, 4.69) is 45.6 Å². The Balaban J connectivity index is 1.48. The summed E-state index contributed by atoms with van der Waals surface area (Å²) in [5.74, 6) is 2.62. The van der Waals surface area contributed by atoms with E-state index in [1.54, 1.807) is 18.9 Å². The molecule has 0 bridgehead atoms. The Morgan fingerprint density at radius 2 is 1.70 bits per heavy atom. The van der Waals surface area contributed by atoms with Crippen molar-refractivity contribution < 1.29 is 14.0 Å². The van der Waals surface area contributed by atoms with E-state index in [0.717, 1.165) is 18.0 Å². The standard InChI is InChI=1S/C20H23N3O3S/c1-23(12-15-4-10-18(27-3)11-5-15)13-20-21-19(22-26-20)14-25-17-8-6-16(24-2)7-9-17/h4-11H,12-14H2,1-3H3. The number of thioether (sulfide) groups is 1. The van der Waals surface area contributed by atoms with Crippen LogP contribution in [0.5, 0.6) is 11.5 Å². The van der Waals surface area contributed by atoms with E-state index in [9.17, 15) is 0 Å². The molecule has 0 fully saturated rings. The number of aromatic nitrogens is 2. The van der Waals surface area contributed by atoms with Crippen LogP contribution in [0.4, 0.5) is 0 Å². The van der Waals surface area contributed by atoms with Gasteiger partial charge in [-0.25, -0.2) is 0 Å². The molecule has 1 heterocycles. The Hall–Kier alpha value is -2.51. The average Bonchev–Trinajstić information content (AvgIpc) is 3.14. The monoisotopic (exact) mass is 385 g/mol. The van der Waals surface area contributed by atoms with Gasteiger partial charge >= 0.3 is 0 Å². The first kappa shape index (κ1) is 19.3. The number of hydrogen-bond donors (Lipinski definition) is 0. The maximum absolute atomic E-state index is 5.67. The van der Waals surface area contributed by atoms with Crippen molar-refractivity contribution in [2.45, 2.75) is 24.6 Å². The number of rotatable bonds is 9. The third-order valence-electron chi connectivity index (χ3n) is 3.95. The van der Waals surface area contributed by atoms with Gasteiger partial charge in [0.25, 0.3) is 0 Å². The molecule has 3 aromatic rings. The summed E-state index contributed by atoms with van der Waals surface area (Å²) in [6, 6.07) is 15.9. The van der Waals surface area contributed by atoms with Gasteiger partial charge in [-0.15, -0.1) is 11.8 Å². The van der Waals surface area contributed by atoms with Gasteiger partial charge in [-0.3, -0.25) is 4.90 Å². The van der Waals surface area contributed by atoms with Crippen LogP contribution >= 0.6 is 11.8 Å². The van der Waals surface area contributed by atoms with Crippen LogP contribution in [0.25, 0.3) is 0 Å². The highest BCUT2D eigenvalue weighted by molar-refractivity contribution is 7.98. The SMILES string of the molecule is COc1ccc(OCc2noc(CN(C)Cc3ccc(SC)cc3)n2)cc1. The summed E-state index contributed by atoms with van der Waals surface area (Å²) in [5, 5.41) is 3.98. The summed E-state index contributed by atoms with van der Waals surface area (Å²) in [5.41, 5.74) is 1.25. The summed E-state index contributed by atoms with van der Waals surface area (Å²) in [4.78, 5) is 7.79. The summed E-state index contributed by atoms with van der Waals surface area (Å²) in [6.07, 6.45) is 2.08. The van der Waals surface area contributed by atoms with Crippen LogP contribution in [0.3, 0.4) is 0 Å². The molecule has 0 spiro atoms. The van der Waals surface area contributed by atoms with E-state index in [1.165, 1.54) is 10.5 Å². The molecule has 0 saturated carbocycles. The second-order valence-corrected chi connectivity index (χ2v) is 6.97. The topological polar surface area (TPSA) is 60.6 Å². The third kappa shape index (κ3) is 5.74. The Morgan fingerprint density at radius 1 is 1.00 bits per heavy atom. The fraction of sp³-hybridized carbons (Fsp3) is 0.300. The Labute approximate surface area is 163 Å². The zero-order valence-corrected chi connectivity index (χ0v) is 16.5. The summed E-state index contributed by atoms with van der Waals surface area (Å²) >= 11 is 1.74. The summed E-state index contributed by atoms with van der Waals surface area (Å²) in [7, 11) is 3.66. The fourth-order valence-electron chi connectivity index (χ4n) is 2.56. The summed E-state index contributed by atoms with van der Waals surface area (Å²) < 4.78 is 16.1. The molecule has 0 amide bonds. The number of methoxy groups -OCH3 is 1. The molecule has 7 heteroatoms. The first-order valence-corrected chi connectivity index (χ1v) is 9.78. The predicted octanol–water partition coefficient (Wildman–Crippen LogP) is 4.01. The van der Waals surface area contributed by atoms with E-state index < -0.39 is 0 Å². The number of hydrogen-bond acceptors (Lipinski definition) is 7. The van der Waals surface area contributed by atoms with Gasteiger partial charge in [0.05, 0.1) is 13.7 Å². The quantitative estimate of drug-likeness (QED) is 0.516. The molecule has 0 saturated heterocycles. The summed E-state index contributed by atoms with van der Waals surface area (Å²) in [6.45, 7) is 1.66. The molecule has 0 radical (unpaired) electrons. The molecule has 2 aromatic carbocycles. The van der Waals surface area contributed by atoms with Gasteiger partial charge in [0, 0.05) is 11.4 Å². The van der Waals surface area contributed by atoms with Crippen molar-refractivity contribution in [2.24, 2.45) is 0 Å². The Kier molecular flexibility index (Phi) is 6.73. The first-order chi connectivity index (χ1) is 13.2. The van der Waals surface area contributed by atoms with Crippen LogP contribution in [-0.4, -0.2) is 35.5 Å². The lowest BCUT2D eigenvalue weighted by atomic mass is 10.2. The van der Waals surface area contributed by atoms with E-state index >= 15 is 0 Å². The maximum Gasteiger partial charge on any atom is 0.240 e. The smallest absolute Gasteiger partial charge is 0.240 e. The van der Waals surface area contributed by atoms with Crippen molar-refractivity contribution in [3.63, 3.8) is 0 Å². The van der Waals surface area contributed by atoms with Crippen LogP contribution in [0.15, 0.2) is 57.9 Å². The van der Waals surface area contributed by atoms with Gasteiger partial charge in [0.15, 0.2) is 6.61 Å². The molecule has 0 aliphatic rings. The molecule has 0 aliphatic heterocycles.